The lowest BCUT2D eigenvalue weighted by Crippen LogP contribution is -2.48. The number of nitrogens with zero attached hydrogens (tertiary/aromatic N) is 1. The first kappa shape index (κ1) is 24.5. The van der Waals surface area contributed by atoms with Crippen molar-refractivity contribution in [3.05, 3.63) is 58.1 Å². The van der Waals surface area contributed by atoms with Gasteiger partial charge in [-0.3, -0.25) is 4.79 Å². The van der Waals surface area contributed by atoms with Gasteiger partial charge in [-0.25, -0.2) is 9.78 Å². The monoisotopic (exact) mass is 476 g/mol. The highest BCUT2D eigenvalue weighted by atomic mass is 16.6. The second kappa shape index (κ2) is 9.56. The first-order valence-electron chi connectivity index (χ1n) is 11.9. The van der Waals surface area contributed by atoms with Crippen LogP contribution in [0.15, 0.2) is 30.3 Å². The molecule has 4 rings (SSSR count). The Morgan fingerprint density at radius 1 is 1.11 bits per heavy atom. The number of aromatic nitrogens is 1. The molecule has 1 aliphatic heterocycles. The van der Waals surface area contributed by atoms with Crippen molar-refractivity contribution >= 4 is 28.6 Å². The van der Waals surface area contributed by atoms with Crippen LogP contribution in [0, 0.1) is 27.7 Å². The minimum atomic E-state index is -1.05. The number of fused-ring (bicyclic) bond motifs is 2. The molecule has 7 heteroatoms. The molecule has 1 aliphatic rings. The third-order valence-electron chi connectivity index (χ3n) is 6.78. The highest BCUT2D eigenvalue weighted by Gasteiger charge is 2.41. The summed E-state index contributed by atoms with van der Waals surface area (Å²) in [5.41, 5.74) is 4.51. The summed E-state index contributed by atoms with van der Waals surface area (Å²) in [4.78, 5) is 29.8. The molecule has 0 radical (unpaired) electrons. The lowest BCUT2D eigenvalue weighted by Gasteiger charge is -2.36. The van der Waals surface area contributed by atoms with Crippen molar-refractivity contribution in [3.63, 3.8) is 0 Å². The predicted octanol–water partition coefficient (Wildman–Crippen LogP) is 5.13. The van der Waals surface area contributed by atoms with Gasteiger partial charge >= 0.3 is 5.97 Å². The number of benzene rings is 2. The third-order valence-corrected chi connectivity index (χ3v) is 6.78. The largest absolute Gasteiger partial charge is 0.481 e. The van der Waals surface area contributed by atoms with Crippen molar-refractivity contribution in [3.8, 4) is 11.5 Å². The second-order valence-electron chi connectivity index (χ2n) is 9.23. The summed E-state index contributed by atoms with van der Waals surface area (Å²) in [6.07, 6.45) is 1.14. The summed E-state index contributed by atoms with van der Waals surface area (Å²) in [6, 6.07) is 9.74. The molecule has 1 unspecified atom stereocenters. The third kappa shape index (κ3) is 4.67. The average Bonchev–Trinajstić information content (AvgIpc) is 2.82. The van der Waals surface area contributed by atoms with Gasteiger partial charge in [-0.2, -0.15) is 0 Å². The second-order valence-corrected chi connectivity index (χ2v) is 9.23. The molecule has 0 bridgehead atoms. The maximum atomic E-state index is 13.4. The van der Waals surface area contributed by atoms with Crippen LogP contribution < -0.4 is 14.8 Å². The van der Waals surface area contributed by atoms with Gasteiger partial charge in [0.15, 0.2) is 12.2 Å². The number of aryl methyl sites for hydroxylation is 1. The number of ether oxygens (including phenoxy) is 3. The summed E-state index contributed by atoms with van der Waals surface area (Å²) in [7, 11) is 0. The Morgan fingerprint density at radius 2 is 1.86 bits per heavy atom. The first-order valence-corrected chi connectivity index (χ1v) is 11.9. The van der Waals surface area contributed by atoms with Crippen molar-refractivity contribution in [1.82, 2.24) is 4.98 Å². The fourth-order valence-corrected chi connectivity index (χ4v) is 4.61. The van der Waals surface area contributed by atoms with Crippen LogP contribution in [0.2, 0.25) is 0 Å². The molecule has 1 atom stereocenters. The smallest absolute Gasteiger partial charge is 0.344 e. The molecule has 35 heavy (non-hydrogen) atoms. The number of amides is 1. The van der Waals surface area contributed by atoms with Crippen molar-refractivity contribution in [2.45, 2.75) is 60.0 Å². The number of rotatable bonds is 6. The molecule has 1 N–H and O–H groups in total. The molecule has 7 nitrogen and oxygen atoms in total. The molecule has 2 heterocycles. The zero-order valence-electron chi connectivity index (χ0n) is 21.2. The molecular weight excluding hydrogens is 444 g/mol. The van der Waals surface area contributed by atoms with Gasteiger partial charge in [0.25, 0.3) is 5.91 Å². The maximum Gasteiger partial charge on any atom is 0.344 e. The van der Waals surface area contributed by atoms with E-state index in [1.54, 1.807) is 6.92 Å². The van der Waals surface area contributed by atoms with Crippen LogP contribution in [-0.2, 0) is 20.7 Å². The minimum absolute atomic E-state index is 0.146. The molecule has 0 saturated heterocycles. The number of para-hydroxylation sites is 1. The van der Waals surface area contributed by atoms with Crippen LogP contribution in [0.4, 0.5) is 5.82 Å². The van der Waals surface area contributed by atoms with Crippen molar-refractivity contribution in [1.29, 1.82) is 0 Å². The number of carbonyl (C=O) groups is 2. The predicted molar refractivity (Wildman–Crippen MR) is 135 cm³/mol. The maximum absolute atomic E-state index is 13.4. The number of hydrogen-bond acceptors (Lipinski definition) is 6. The van der Waals surface area contributed by atoms with Crippen LogP contribution in [0.25, 0.3) is 10.9 Å². The normalized spacial score (nSPS) is 16.9. The molecule has 0 fully saturated rings. The van der Waals surface area contributed by atoms with Gasteiger partial charge in [-0.05, 0) is 82.3 Å². The number of esters is 1. The van der Waals surface area contributed by atoms with E-state index in [0.717, 1.165) is 38.7 Å². The van der Waals surface area contributed by atoms with Crippen molar-refractivity contribution < 1.29 is 23.8 Å². The zero-order valence-corrected chi connectivity index (χ0v) is 21.2. The molecule has 1 amide bonds. The molecule has 1 aromatic heterocycles. The van der Waals surface area contributed by atoms with E-state index in [4.69, 9.17) is 14.2 Å². The zero-order chi connectivity index (χ0) is 25.3. The van der Waals surface area contributed by atoms with E-state index in [0.29, 0.717) is 36.8 Å². The van der Waals surface area contributed by atoms with Gasteiger partial charge in [0.1, 0.15) is 17.3 Å². The first-order chi connectivity index (χ1) is 16.6. The number of carbonyl (C=O) groups excluding carboxylic acids is 2. The number of anilines is 1. The molecule has 0 spiro atoms. The van der Waals surface area contributed by atoms with Crippen LogP contribution in [0.1, 0.15) is 48.1 Å². The summed E-state index contributed by atoms with van der Waals surface area (Å²) >= 11 is 0. The molecule has 184 valence electrons. The van der Waals surface area contributed by atoms with Gasteiger partial charge in [0.2, 0.25) is 0 Å². The fraction of sp³-hybridized carbons (Fsp3) is 0.393. The number of pyridine rings is 1. The molecule has 0 saturated carbocycles. The lowest BCUT2D eigenvalue weighted by atomic mass is 9.86. The Balaban J connectivity index is 1.58. The van der Waals surface area contributed by atoms with Gasteiger partial charge < -0.3 is 19.5 Å². The minimum Gasteiger partial charge on any atom is -0.481 e. The van der Waals surface area contributed by atoms with Crippen LogP contribution in [0.5, 0.6) is 11.5 Å². The van der Waals surface area contributed by atoms with Gasteiger partial charge in [-0.15, -0.1) is 0 Å². The highest BCUT2D eigenvalue weighted by Crippen LogP contribution is 2.44. The Labute approximate surface area is 205 Å². The molecule has 2 aromatic carbocycles. The lowest BCUT2D eigenvalue weighted by molar-refractivity contribution is -0.145. The summed E-state index contributed by atoms with van der Waals surface area (Å²) in [5, 5.41) is 4.03. The van der Waals surface area contributed by atoms with E-state index in [2.05, 4.69) is 10.3 Å². The average molecular weight is 477 g/mol. The van der Waals surface area contributed by atoms with E-state index >= 15 is 0 Å². The fourth-order valence-electron chi connectivity index (χ4n) is 4.61. The standard InChI is InChI=1S/C28H32N2O5/c1-7-33-24(31)15-34-25-17(3)18(4)26-21(19(25)5)12-13-28(6,35-26)27(32)30-23-14-16(2)20-10-8-9-11-22(20)29-23/h8-11,14H,7,12-13,15H2,1-6H3,(H,29,30,32). The van der Waals surface area contributed by atoms with E-state index in [-0.39, 0.29) is 12.5 Å². The molecular formula is C28H32N2O5. The molecule has 0 aliphatic carbocycles. The van der Waals surface area contributed by atoms with Crippen LogP contribution in [-0.4, -0.2) is 35.7 Å². The van der Waals surface area contributed by atoms with Crippen molar-refractivity contribution in [2.24, 2.45) is 0 Å². The Kier molecular flexibility index (Phi) is 6.70. The van der Waals surface area contributed by atoms with E-state index in [1.165, 1.54) is 0 Å². The van der Waals surface area contributed by atoms with E-state index in [1.807, 2.05) is 65.0 Å². The summed E-state index contributed by atoms with van der Waals surface area (Å²) in [6.45, 7) is 11.6. The van der Waals surface area contributed by atoms with Gasteiger partial charge in [0, 0.05) is 17.4 Å². The van der Waals surface area contributed by atoms with Crippen LogP contribution in [0.3, 0.4) is 0 Å². The highest BCUT2D eigenvalue weighted by molar-refractivity contribution is 5.98. The van der Waals surface area contributed by atoms with E-state index in [9.17, 15) is 9.59 Å². The number of nitrogens with one attached hydrogen (secondary N) is 1. The molecule has 3 aromatic rings. The van der Waals surface area contributed by atoms with E-state index < -0.39 is 11.6 Å². The summed E-state index contributed by atoms with van der Waals surface area (Å²) in [5.74, 6) is 1.24. The quantitative estimate of drug-likeness (QED) is 0.496. The Bertz CT molecular complexity index is 1320. The Hall–Kier alpha value is -3.61. The topological polar surface area (TPSA) is 86.8 Å². The Morgan fingerprint density at radius 3 is 2.60 bits per heavy atom. The van der Waals surface area contributed by atoms with Crippen LogP contribution >= 0.6 is 0 Å². The van der Waals surface area contributed by atoms with Gasteiger partial charge in [0.05, 0.1) is 12.1 Å². The summed E-state index contributed by atoms with van der Waals surface area (Å²) < 4.78 is 17.2. The van der Waals surface area contributed by atoms with Gasteiger partial charge in [-0.1, -0.05) is 18.2 Å². The van der Waals surface area contributed by atoms with Crippen molar-refractivity contribution in [2.75, 3.05) is 18.5 Å². The SMILES string of the molecule is CCOC(=O)COc1c(C)c(C)c2c(c1C)CCC(C)(C(=O)Nc1cc(C)c3ccccc3n1)O2. The number of hydrogen-bond donors (Lipinski definition) is 1.